The molecule has 0 aliphatic rings. The van der Waals surface area contributed by atoms with Gasteiger partial charge in [0.1, 0.15) is 11.3 Å². The van der Waals surface area contributed by atoms with Crippen molar-refractivity contribution in [2.45, 2.75) is 32.4 Å². The van der Waals surface area contributed by atoms with Gasteiger partial charge in [0.05, 0.1) is 12.2 Å². The highest BCUT2D eigenvalue weighted by atomic mass is 16.5. The van der Waals surface area contributed by atoms with Crippen molar-refractivity contribution in [1.29, 1.82) is 5.26 Å². The molecule has 0 saturated carbocycles. The minimum absolute atomic E-state index is 0.149. The second-order valence-electron chi connectivity index (χ2n) is 4.01. The number of hydrogen-bond donors (Lipinski definition) is 1. The van der Waals surface area contributed by atoms with E-state index < -0.39 is 5.54 Å². The summed E-state index contributed by atoms with van der Waals surface area (Å²) >= 11 is 0. The first-order valence-corrected chi connectivity index (χ1v) is 4.93. The number of nitriles is 1. The van der Waals surface area contributed by atoms with E-state index in [1.54, 1.807) is 6.92 Å². The van der Waals surface area contributed by atoms with Gasteiger partial charge in [-0.05, 0) is 38.5 Å². The SMILES string of the molecule is CC(C)Oc1ccc(C(C)(N)C#N)cc1. The molecule has 3 nitrogen and oxygen atoms in total. The summed E-state index contributed by atoms with van der Waals surface area (Å²) in [6.07, 6.45) is 0.149. The van der Waals surface area contributed by atoms with Crippen LogP contribution in [0.1, 0.15) is 26.3 Å². The molecule has 0 fully saturated rings. The molecule has 2 N–H and O–H groups in total. The quantitative estimate of drug-likeness (QED) is 0.820. The Morgan fingerprint density at radius 1 is 1.33 bits per heavy atom. The number of nitrogens with two attached hydrogens (primary N) is 1. The molecule has 15 heavy (non-hydrogen) atoms. The van der Waals surface area contributed by atoms with Crippen LogP contribution < -0.4 is 10.5 Å². The third kappa shape index (κ3) is 2.97. The van der Waals surface area contributed by atoms with Crippen molar-refractivity contribution >= 4 is 0 Å². The summed E-state index contributed by atoms with van der Waals surface area (Å²) in [4.78, 5) is 0. The summed E-state index contributed by atoms with van der Waals surface area (Å²) in [5.74, 6) is 0.794. The summed E-state index contributed by atoms with van der Waals surface area (Å²) in [5.41, 5.74) is 5.65. The average Bonchev–Trinajstić information content (AvgIpc) is 2.18. The molecule has 0 heterocycles. The molecule has 0 amide bonds. The zero-order valence-corrected chi connectivity index (χ0v) is 9.32. The monoisotopic (exact) mass is 204 g/mol. The van der Waals surface area contributed by atoms with E-state index in [0.29, 0.717) is 0 Å². The summed E-state index contributed by atoms with van der Waals surface area (Å²) < 4.78 is 5.49. The Kier molecular flexibility index (Phi) is 3.33. The molecule has 0 bridgehead atoms. The van der Waals surface area contributed by atoms with Crippen LogP contribution >= 0.6 is 0 Å². The third-order valence-electron chi connectivity index (χ3n) is 2.06. The van der Waals surface area contributed by atoms with Gasteiger partial charge in [-0.25, -0.2) is 0 Å². The van der Waals surface area contributed by atoms with Crippen LogP contribution in [0.15, 0.2) is 24.3 Å². The lowest BCUT2D eigenvalue weighted by atomic mass is 9.95. The van der Waals surface area contributed by atoms with Gasteiger partial charge in [0.2, 0.25) is 0 Å². The molecule has 1 rings (SSSR count). The normalized spacial score (nSPS) is 14.4. The fourth-order valence-electron chi connectivity index (χ4n) is 1.22. The fraction of sp³-hybridized carbons (Fsp3) is 0.417. The maximum Gasteiger partial charge on any atom is 0.126 e. The van der Waals surface area contributed by atoms with Crippen LogP contribution in [0.3, 0.4) is 0 Å². The van der Waals surface area contributed by atoms with Crippen LogP contribution in [0.5, 0.6) is 5.75 Å². The van der Waals surface area contributed by atoms with E-state index in [-0.39, 0.29) is 6.10 Å². The van der Waals surface area contributed by atoms with Crippen LogP contribution in [0.25, 0.3) is 0 Å². The lowest BCUT2D eigenvalue weighted by Crippen LogP contribution is -2.30. The van der Waals surface area contributed by atoms with E-state index in [1.165, 1.54) is 0 Å². The van der Waals surface area contributed by atoms with Gasteiger partial charge in [0.25, 0.3) is 0 Å². The van der Waals surface area contributed by atoms with E-state index in [0.717, 1.165) is 11.3 Å². The van der Waals surface area contributed by atoms with E-state index >= 15 is 0 Å². The lowest BCUT2D eigenvalue weighted by Gasteiger charge is -2.16. The smallest absolute Gasteiger partial charge is 0.126 e. The zero-order chi connectivity index (χ0) is 11.5. The summed E-state index contributed by atoms with van der Waals surface area (Å²) in [7, 11) is 0. The molecule has 80 valence electrons. The van der Waals surface area contributed by atoms with Gasteiger partial charge in [-0.3, -0.25) is 0 Å². The number of benzene rings is 1. The molecular formula is C12H16N2O. The summed E-state index contributed by atoms with van der Waals surface area (Å²) in [6.45, 7) is 5.62. The highest BCUT2D eigenvalue weighted by Gasteiger charge is 2.19. The van der Waals surface area contributed by atoms with Gasteiger partial charge in [-0.15, -0.1) is 0 Å². The summed E-state index contributed by atoms with van der Waals surface area (Å²) in [5, 5.41) is 8.86. The Bertz CT molecular complexity index is 360. The van der Waals surface area contributed by atoms with Gasteiger partial charge in [0, 0.05) is 0 Å². The maximum atomic E-state index is 8.86. The van der Waals surface area contributed by atoms with Crippen molar-refractivity contribution in [3.8, 4) is 11.8 Å². The molecule has 1 atom stereocenters. The predicted molar refractivity (Wildman–Crippen MR) is 59.4 cm³/mol. The molecule has 3 heteroatoms. The van der Waals surface area contributed by atoms with Crippen molar-refractivity contribution in [3.05, 3.63) is 29.8 Å². The van der Waals surface area contributed by atoms with Gasteiger partial charge in [0.15, 0.2) is 0 Å². The first-order valence-electron chi connectivity index (χ1n) is 4.93. The van der Waals surface area contributed by atoms with E-state index in [4.69, 9.17) is 15.7 Å². The second-order valence-corrected chi connectivity index (χ2v) is 4.01. The largest absolute Gasteiger partial charge is 0.491 e. The molecule has 0 aliphatic carbocycles. The van der Waals surface area contributed by atoms with Crippen LogP contribution in [0, 0.1) is 11.3 Å². The zero-order valence-electron chi connectivity index (χ0n) is 9.32. The minimum atomic E-state index is -0.934. The molecule has 0 saturated heterocycles. The second kappa shape index (κ2) is 4.33. The highest BCUT2D eigenvalue weighted by Crippen LogP contribution is 2.20. The Morgan fingerprint density at radius 2 is 1.87 bits per heavy atom. The predicted octanol–water partition coefficient (Wildman–Crippen LogP) is 2.17. The Morgan fingerprint density at radius 3 is 2.27 bits per heavy atom. The topological polar surface area (TPSA) is 59.0 Å². The Hall–Kier alpha value is -1.53. The molecular weight excluding hydrogens is 188 g/mol. The summed E-state index contributed by atoms with van der Waals surface area (Å²) in [6, 6.07) is 9.36. The number of hydrogen-bond acceptors (Lipinski definition) is 3. The molecule has 0 aromatic heterocycles. The van der Waals surface area contributed by atoms with Crippen molar-refractivity contribution < 1.29 is 4.74 Å². The third-order valence-corrected chi connectivity index (χ3v) is 2.06. The average molecular weight is 204 g/mol. The minimum Gasteiger partial charge on any atom is -0.491 e. The number of rotatable bonds is 3. The van der Waals surface area contributed by atoms with Crippen LogP contribution in [0.4, 0.5) is 0 Å². The van der Waals surface area contributed by atoms with Crippen LogP contribution in [-0.4, -0.2) is 6.10 Å². The molecule has 0 aliphatic heterocycles. The van der Waals surface area contributed by atoms with Crippen molar-refractivity contribution in [1.82, 2.24) is 0 Å². The standard InChI is InChI=1S/C12H16N2O/c1-9(2)15-11-6-4-10(5-7-11)12(3,14)8-13/h4-7,9H,14H2,1-3H3. The first-order chi connectivity index (χ1) is 6.95. The van der Waals surface area contributed by atoms with Crippen molar-refractivity contribution in [3.63, 3.8) is 0 Å². The highest BCUT2D eigenvalue weighted by molar-refractivity contribution is 5.34. The molecule has 0 spiro atoms. The van der Waals surface area contributed by atoms with E-state index in [2.05, 4.69) is 6.07 Å². The van der Waals surface area contributed by atoms with Gasteiger partial charge >= 0.3 is 0 Å². The number of ether oxygens (including phenoxy) is 1. The van der Waals surface area contributed by atoms with Crippen molar-refractivity contribution in [2.24, 2.45) is 5.73 Å². The van der Waals surface area contributed by atoms with E-state index in [1.807, 2.05) is 38.1 Å². The lowest BCUT2D eigenvalue weighted by molar-refractivity contribution is 0.242. The molecule has 1 unspecified atom stereocenters. The number of nitrogens with zero attached hydrogens (tertiary/aromatic N) is 1. The molecule has 1 aromatic carbocycles. The van der Waals surface area contributed by atoms with Gasteiger partial charge in [-0.1, -0.05) is 12.1 Å². The fourth-order valence-corrected chi connectivity index (χ4v) is 1.22. The Balaban J connectivity index is 2.87. The van der Waals surface area contributed by atoms with Crippen LogP contribution in [0.2, 0.25) is 0 Å². The molecule has 0 radical (unpaired) electrons. The molecule has 1 aromatic rings. The van der Waals surface area contributed by atoms with Crippen molar-refractivity contribution in [2.75, 3.05) is 0 Å². The Labute approximate surface area is 90.5 Å². The van der Waals surface area contributed by atoms with Gasteiger partial charge in [-0.2, -0.15) is 5.26 Å². The van der Waals surface area contributed by atoms with Crippen LogP contribution in [-0.2, 0) is 5.54 Å². The van der Waals surface area contributed by atoms with E-state index in [9.17, 15) is 0 Å². The maximum absolute atomic E-state index is 8.86. The van der Waals surface area contributed by atoms with Gasteiger partial charge < -0.3 is 10.5 Å². The first kappa shape index (κ1) is 11.5.